The summed E-state index contributed by atoms with van der Waals surface area (Å²) in [5.74, 6) is 0.240. The maximum absolute atomic E-state index is 12.2. The first kappa shape index (κ1) is 13.4. The van der Waals surface area contributed by atoms with Crippen molar-refractivity contribution >= 4 is 17.5 Å². The minimum atomic E-state index is 0.0487. The van der Waals surface area contributed by atoms with E-state index in [1.807, 2.05) is 23.1 Å². The van der Waals surface area contributed by atoms with Crippen LogP contribution in [0.2, 0.25) is 0 Å². The maximum atomic E-state index is 12.2. The normalized spacial score (nSPS) is 15.2. The molecule has 0 aliphatic carbocycles. The lowest BCUT2D eigenvalue weighted by molar-refractivity contribution is -0.132. The lowest BCUT2D eigenvalue weighted by atomic mass is 10.2. The van der Waals surface area contributed by atoms with Gasteiger partial charge in [0.25, 0.3) is 0 Å². The summed E-state index contributed by atoms with van der Waals surface area (Å²) in [6.45, 7) is 3.32. The number of benzene rings is 1. The Morgan fingerprint density at radius 1 is 1.14 bits per heavy atom. The zero-order valence-electron chi connectivity index (χ0n) is 11.7. The van der Waals surface area contributed by atoms with Gasteiger partial charge in [0.2, 0.25) is 11.9 Å². The highest BCUT2D eigenvalue weighted by molar-refractivity contribution is 5.76. The number of nitrogens with two attached hydrogens (primary N) is 1. The number of hydrogen-bond donors (Lipinski definition) is 1. The molecule has 0 saturated carbocycles. The van der Waals surface area contributed by atoms with Crippen LogP contribution in [0, 0.1) is 0 Å². The Bertz CT molecular complexity index is 603. The van der Waals surface area contributed by atoms with E-state index in [1.165, 1.54) is 16.7 Å². The number of carbonyl (C=O) groups excluding carboxylic acids is 1. The van der Waals surface area contributed by atoms with Crippen LogP contribution in [-0.2, 0) is 11.3 Å². The van der Waals surface area contributed by atoms with Crippen LogP contribution in [0.1, 0.15) is 0 Å². The monoisotopic (exact) mass is 286 g/mol. The van der Waals surface area contributed by atoms with Crippen molar-refractivity contribution in [2.45, 2.75) is 6.54 Å². The summed E-state index contributed by atoms with van der Waals surface area (Å²) in [7, 11) is 0. The number of aromatic nitrogens is 3. The maximum Gasteiger partial charge on any atom is 0.244 e. The average molecular weight is 286 g/mol. The number of amides is 1. The van der Waals surface area contributed by atoms with Gasteiger partial charge in [-0.2, -0.15) is 0 Å². The summed E-state index contributed by atoms with van der Waals surface area (Å²) in [6, 6.07) is 10.3. The lowest BCUT2D eigenvalue weighted by Gasteiger charge is -2.36. The molecule has 1 aliphatic heterocycles. The van der Waals surface area contributed by atoms with Crippen LogP contribution >= 0.6 is 0 Å². The molecule has 2 heterocycles. The van der Waals surface area contributed by atoms with E-state index in [1.54, 1.807) is 0 Å². The van der Waals surface area contributed by atoms with Gasteiger partial charge in [0.1, 0.15) is 12.9 Å². The molecule has 0 bridgehead atoms. The van der Waals surface area contributed by atoms with E-state index in [0.717, 1.165) is 26.2 Å². The van der Waals surface area contributed by atoms with Gasteiger partial charge in [-0.15, -0.1) is 5.10 Å². The highest BCUT2D eigenvalue weighted by Gasteiger charge is 2.21. The molecular formula is C14H18N6O. The first-order valence-corrected chi connectivity index (χ1v) is 6.95. The van der Waals surface area contributed by atoms with E-state index in [0.29, 0.717) is 0 Å². The molecule has 1 aliphatic rings. The molecule has 0 spiro atoms. The van der Waals surface area contributed by atoms with E-state index < -0.39 is 0 Å². The van der Waals surface area contributed by atoms with Gasteiger partial charge in [-0.05, 0) is 12.1 Å². The fraction of sp³-hybridized carbons (Fsp3) is 0.357. The van der Waals surface area contributed by atoms with Crippen LogP contribution in [0.25, 0.3) is 0 Å². The predicted octanol–water partition coefficient (Wildman–Crippen LogP) is 0.209. The van der Waals surface area contributed by atoms with E-state index in [4.69, 9.17) is 5.73 Å². The summed E-state index contributed by atoms with van der Waals surface area (Å²) < 4.78 is 1.47. The lowest BCUT2D eigenvalue weighted by Crippen LogP contribution is -2.49. The first-order valence-electron chi connectivity index (χ1n) is 6.95. The highest BCUT2D eigenvalue weighted by Crippen LogP contribution is 2.15. The molecule has 1 fully saturated rings. The van der Waals surface area contributed by atoms with Crippen molar-refractivity contribution in [1.29, 1.82) is 0 Å². The Morgan fingerprint density at radius 2 is 1.86 bits per heavy atom. The van der Waals surface area contributed by atoms with E-state index in [2.05, 4.69) is 27.1 Å². The van der Waals surface area contributed by atoms with Gasteiger partial charge in [0, 0.05) is 31.9 Å². The molecule has 1 aromatic heterocycles. The predicted molar refractivity (Wildman–Crippen MR) is 79.7 cm³/mol. The summed E-state index contributed by atoms with van der Waals surface area (Å²) in [6.07, 6.45) is 1.48. The largest absolute Gasteiger partial charge is 0.368 e. The Morgan fingerprint density at radius 3 is 2.48 bits per heavy atom. The third kappa shape index (κ3) is 3.13. The molecule has 0 unspecified atom stereocenters. The van der Waals surface area contributed by atoms with E-state index >= 15 is 0 Å². The molecular weight excluding hydrogens is 268 g/mol. The molecule has 1 aromatic carbocycles. The molecule has 0 radical (unpaired) electrons. The van der Waals surface area contributed by atoms with Gasteiger partial charge < -0.3 is 15.5 Å². The topological polar surface area (TPSA) is 80.3 Å². The molecule has 21 heavy (non-hydrogen) atoms. The summed E-state index contributed by atoms with van der Waals surface area (Å²) in [5.41, 5.74) is 6.64. The third-order valence-corrected chi connectivity index (χ3v) is 3.61. The number of para-hydroxylation sites is 1. The standard InChI is InChI=1S/C14H18N6O/c15-14-16-11-20(17-14)10-13(21)19-8-6-18(7-9-19)12-4-2-1-3-5-12/h1-5,11H,6-10H2,(H2,15,17). The van der Waals surface area contributed by atoms with Crippen molar-refractivity contribution in [3.63, 3.8) is 0 Å². The van der Waals surface area contributed by atoms with Gasteiger partial charge in [0.05, 0.1) is 0 Å². The second kappa shape index (κ2) is 5.82. The minimum Gasteiger partial charge on any atom is -0.368 e. The van der Waals surface area contributed by atoms with Crippen molar-refractivity contribution in [1.82, 2.24) is 19.7 Å². The molecule has 0 atom stereocenters. The van der Waals surface area contributed by atoms with Gasteiger partial charge >= 0.3 is 0 Å². The number of piperazine rings is 1. The molecule has 2 aromatic rings. The van der Waals surface area contributed by atoms with Crippen molar-refractivity contribution < 1.29 is 4.79 Å². The summed E-state index contributed by atoms with van der Waals surface area (Å²) in [4.78, 5) is 20.2. The molecule has 2 N–H and O–H groups in total. The quantitative estimate of drug-likeness (QED) is 0.872. The molecule has 110 valence electrons. The Kier molecular flexibility index (Phi) is 3.72. The van der Waals surface area contributed by atoms with Crippen molar-refractivity contribution in [3.05, 3.63) is 36.7 Å². The Balaban J connectivity index is 1.54. The SMILES string of the molecule is Nc1ncn(CC(=O)N2CCN(c3ccccc3)CC2)n1. The van der Waals surface area contributed by atoms with Gasteiger partial charge in [0.15, 0.2) is 0 Å². The number of nitrogen functional groups attached to an aromatic ring is 1. The van der Waals surface area contributed by atoms with Crippen molar-refractivity contribution in [3.8, 4) is 0 Å². The van der Waals surface area contributed by atoms with Gasteiger partial charge in [-0.1, -0.05) is 18.2 Å². The Labute approximate surface area is 123 Å². The molecule has 1 saturated heterocycles. The number of rotatable bonds is 3. The van der Waals surface area contributed by atoms with Crippen LogP contribution < -0.4 is 10.6 Å². The molecule has 7 nitrogen and oxygen atoms in total. The summed E-state index contributed by atoms with van der Waals surface area (Å²) in [5, 5.41) is 3.93. The van der Waals surface area contributed by atoms with Crippen molar-refractivity contribution in [2.75, 3.05) is 36.8 Å². The zero-order valence-corrected chi connectivity index (χ0v) is 11.7. The van der Waals surface area contributed by atoms with Gasteiger partial charge in [-0.25, -0.2) is 9.67 Å². The first-order chi connectivity index (χ1) is 10.2. The van der Waals surface area contributed by atoms with Crippen LogP contribution in [0.4, 0.5) is 11.6 Å². The van der Waals surface area contributed by atoms with Crippen LogP contribution in [0.3, 0.4) is 0 Å². The second-order valence-electron chi connectivity index (χ2n) is 5.00. The second-order valence-corrected chi connectivity index (χ2v) is 5.00. The number of carbonyl (C=O) groups is 1. The van der Waals surface area contributed by atoms with Crippen molar-refractivity contribution in [2.24, 2.45) is 0 Å². The number of anilines is 2. The summed E-state index contributed by atoms with van der Waals surface area (Å²) >= 11 is 0. The zero-order chi connectivity index (χ0) is 14.7. The molecule has 7 heteroatoms. The van der Waals surface area contributed by atoms with Crippen LogP contribution in [-0.4, -0.2) is 51.8 Å². The number of nitrogens with zero attached hydrogens (tertiary/aromatic N) is 5. The Hall–Kier alpha value is -2.57. The van der Waals surface area contributed by atoms with Gasteiger partial charge in [-0.3, -0.25) is 4.79 Å². The third-order valence-electron chi connectivity index (χ3n) is 3.61. The minimum absolute atomic E-state index is 0.0487. The fourth-order valence-electron chi connectivity index (χ4n) is 2.48. The van der Waals surface area contributed by atoms with E-state index in [9.17, 15) is 4.79 Å². The molecule has 1 amide bonds. The number of hydrogen-bond acceptors (Lipinski definition) is 5. The smallest absolute Gasteiger partial charge is 0.244 e. The van der Waals surface area contributed by atoms with Crippen LogP contribution in [0.5, 0.6) is 0 Å². The highest BCUT2D eigenvalue weighted by atomic mass is 16.2. The van der Waals surface area contributed by atoms with E-state index in [-0.39, 0.29) is 18.4 Å². The average Bonchev–Trinajstić information content (AvgIpc) is 2.93. The fourth-order valence-corrected chi connectivity index (χ4v) is 2.48. The van der Waals surface area contributed by atoms with Crippen LogP contribution in [0.15, 0.2) is 36.7 Å². The molecule has 3 rings (SSSR count).